The molecule has 0 radical (unpaired) electrons. The Kier molecular flexibility index (Phi) is 2.85. The van der Waals surface area contributed by atoms with Crippen LogP contribution in [0.5, 0.6) is 0 Å². The van der Waals surface area contributed by atoms with E-state index < -0.39 is 0 Å². The van der Waals surface area contributed by atoms with E-state index in [2.05, 4.69) is 11.0 Å². The third kappa shape index (κ3) is 2.15. The Morgan fingerprint density at radius 1 is 1.64 bits per heavy atom. The molecule has 0 bridgehead atoms. The number of aromatic nitrogens is 2. The second kappa shape index (κ2) is 4.30. The van der Waals surface area contributed by atoms with Gasteiger partial charge in [0.2, 0.25) is 0 Å². The highest BCUT2D eigenvalue weighted by molar-refractivity contribution is 5.26. The summed E-state index contributed by atoms with van der Waals surface area (Å²) in [6.45, 7) is 1.70. The van der Waals surface area contributed by atoms with Crippen molar-refractivity contribution in [1.29, 1.82) is 0 Å². The second-order valence-electron chi connectivity index (χ2n) is 3.58. The lowest BCUT2D eigenvalue weighted by Gasteiger charge is -2.22. The van der Waals surface area contributed by atoms with Gasteiger partial charge in [0.1, 0.15) is 0 Å². The molecule has 1 aromatic rings. The van der Waals surface area contributed by atoms with Crippen molar-refractivity contribution in [2.24, 2.45) is 0 Å². The smallest absolute Gasteiger partial charge is 0.0770 e. The molecule has 1 aromatic heterocycles. The topological polar surface area (TPSA) is 27.1 Å². The van der Waals surface area contributed by atoms with Gasteiger partial charge in [-0.2, -0.15) is 5.10 Å². The van der Waals surface area contributed by atoms with Crippen LogP contribution in [-0.2, 0) is 11.3 Å². The molecule has 1 aliphatic heterocycles. The maximum atomic E-state index is 5.61. The molecule has 2 heterocycles. The standard InChI is InChI=1S/C11H14N2O/c1-2-10-7-12-13(8-10)9-11-5-3-4-6-14-11/h1,7-8,11H,3-6,9H2. The Balaban J connectivity index is 1.93. The van der Waals surface area contributed by atoms with Gasteiger partial charge in [-0.3, -0.25) is 4.68 Å². The third-order valence-corrected chi connectivity index (χ3v) is 2.46. The first kappa shape index (κ1) is 9.29. The van der Waals surface area contributed by atoms with Crippen molar-refractivity contribution in [2.45, 2.75) is 31.9 Å². The van der Waals surface area contributed by atoms with E-state index in [4.69, 9.17) is 11.2 Å². The van der Waals surface area contributed by atoms with Crippen molar-refractivity contribution in [2.75, 3.05) is 6.61 Å². The molecule has 0 saturated carbocycles. The van der Waals surface area contributed by atoms with Crippen LogP contribution in [0.3, 0.4) is 0 Å². The summed E-state index contributed by atoms with van der Waals surface area (Å²) in [5.74, 6) is 2.56. The number of nitrogens with zero attached hydrogens (tertiary/aromatic N) is 2. The predicted octanol–water partition coefficient (Wildman–Crippen LogP) is 1.43. The van der Waals surface area contributed by atoms with Crippen LogP contribution in [0.15, 0.2) is 12.4 Å². The lowest BCUT2D eigenvalue weighted by atomic mass is 10.1. The first-order valence-electron chi connectivity index (χ1n) is 4.99. The van der Waals surface area contributed by atoms with E-state index in [1.165, 1.54) is 12.8 Å². The van der Waals surface area contributed by atoms with Gasteiger partial charge >= 0.3 is 0 Å². The zero-order valence-electron chi connectivity index (χ0n) is 8.15. The minimum atomic E-state index is 0.314. The zero-order chi connectivity index (χ0) is 9.80. The fourth-order valence-corrected chi connectivity index (χ4v) is 1.70. The van der Waals surface area contributed by atoms with E-state index in [0.717, 1.165) is 25.1 Å². The SMILES string of the molecule is C#Cc1cnn(CC2CCCCO2)c1. The van der Waals surface area contributed by atoms with Crippen molar-refractivity contribution in [3.8, 4) is 12.3 Å². The highest BCUT2D eigenvalue weighted by Gasteiger charge is 2.14. The number of rotatable bonds is 2. The summed E-state index contributed by atoms with van der Waals surface area (Å²) in [5, 5.41) is 4.18. The van der Waals surface area contributed by atoms with Gasteiger partial charge in [0, 0.05) is 12.8 Å². The van der Waals surface area contributed by atoms with E-state index in [1.54, 1.807) is 6.20 Å². The van der Waals surface area contributed by atoms with Crippen molar-refractivity contribution < 1.29 is 4.74 Å². The van der Waals surface area contributed by atoms with Gasteiger partial charge in [0.25, 0.3) is 0 Å². The summed E-state index contributed by atoms with van der Waals surface area (Å²) in [6.07, 6.45) is 12.7. The van der Waals surface area contributed by atoms with E-state index >= 15 is 0 Å². The fourth-order valence-electron chi connectivity index (χ4n) is 1.70. The zero-order valence-corrected chi connectivity index (χ0v) is 8.15. The first-order chi connectivity index (χ1) is 6.88. The molecule has 3 nitrogen and oxygen atoms in total. The Hall–Kier alpha value is -1.27. The van der Waals surface area contributed by atoms with Crippen LogP contribution in [0.1, 0.15) is 24.8 Å². The second-order valence-corrected chi connectivity index (χ2v) is 3.58. The summed E-state index contributed by atoms with van der Waals surface area (Å²) in [7, 11) is 0. The minimum Gasteiger partial charge on any atom is -0.376 e. The average Bonchev–Trinajstić information content (AvgIpc) is 2.67. The summed E-state index contributed by atoms with van der Waals surface area (Å²) in [4.78, 5) is 0. The van der Waals surface area contributed by atoms with Gasteiger partial charge in [-0.1, -0.05) is 5.92 Å². The Morgan fingerprint density at radius 2 is 2.57 bits per heavy atom. The van der Waals surface area contributed by atoms with E-state index in [0.29, 0.717) is 6.10 Å². The Bertz CT molecular complexity index is 331. The van der Waals surface area contributed by atoms with Gasteiger partial charge in [0.05, 0.1) is 24.4 Å². The van der Waals surface area contributed by atoms with E-state index in [9.17, 15) is 0 Å². The molecule has 1 fully saturated rings. The monoisotopic (exact) mass is 190 g/mol. The van der Waals surface area contributed by atoms with Crippen LogP contribution in [0.2, 0.25) is 0 Å². The lowest BCUT2D eigenvalue weighted by Crippen LogP contribution is -2.24. The van der Waals surface area contributed by atoms with Crippen LogP contribution < -0.4 is 0 Å². The summed E-state index contributed by atoms with van der Waals surface area (Å²) in [6, 6.07) is 0. The molecule has 0 aromatic carbocycles. The van der Waals surface area contributed by atoms with Crippen molar-refractivity contribution in [3.05, 3.63) is 18.0 Å². The molecule has 14 heavy (non-hydrogen) atoms. The largest absolute Gasteiger partial charge is 0.376 e. The highest BCUT2D eigenvalue weighted by atomic mass is 16.5. The molecular weight excluding hydrogens is 176 g/mol. The first-order valence-corrected chi connectivity index (χ1v) is 4.99. The highest BCUT2D eigenvalue weighted by Crippen LogP contribution is 2.14. The molecule has 1 aliphatic rings. The summed E-state index contributed by atoms with van der Waals surface area (Å²) >= 11 is 0. The number of terminal acetylenes is 1. The maximum absolute atomic E-state index is 5.61. The lowest BCUT2D eigenvalue weighted by molar-refractivity contribution is 0.00399. The van der Waals surface area contributed by atoms with Gasteiger partial charge < -0.3 is 4.74 Å². The fraction of sp³-hybridized carbons (Fsp3) is 0.545. The maximum Gasteiger partial charge on any atom is 0.0770 e. The van der Waals surface area contributed by atoms with Crippen LogP contribution >= 0.6 is 0 Å². The van der Waals surface area contributed by atoms with Gasteiger partial charge in [-0.25, -0.2) is 0 Å². The molecule has 0 spiro atoms. The van der Waals surface area contributed by atoms with Gasteiger partial charge in [-0.15, -0.1) is 6.42 Å². The predicted molar refractivity (Wildman–Crippen MR) is 53.8 cm³/mol. The molecule has 1 saturated heterocycles. The van der Waals surface area contributed by atoms with Gasteiger partial charge in [-0.05, 0) is 19.3 Å². The van der Waals surface area contributed by atoms with Gasteiger partial charge in [0.15, 0.2) is 0 Å². The number of ether oxygens (including phenoxy) is 1. The van der Waals surface area contributed by atoms with E-state index in [1.807, 2.05) is 10.9 Å². The Labute approximate surface area is 84.1 Å². The number of hydrogen-bond donors (Lipinski definition) is 0. The summed E-state index contributed by atoms with van der Waals surface area (Å²) < 4.78 is 7.48. The van der Waals surface area contributed by atoms with Crippen molar-refractivity contribution >= 4 is 0 Å². The quantitative estimate of drug-likeness (QED) is 0.660. The summed E-state index contributed by atoms with van der Waals surface area (Å²) in [5.41, 5.74) is 0.834. The molecule has 1 unspecified atom stereocenters. The van der Waals surface area contributed by atoms with Crippen molar-refractivity contribution in [3.63, 3.8) is 0 Å². The van der Waals surface area contributed by atoms with Crippen LogP contribution in [0.25, 0.3) is 0 Å². The molecule has 2 rings (SSSR count). The molecule has 0 amide bonds. The van der Waals surface area contributed by atoms with Crippen LogP contribution in [0, 0.1) is 12.3 Å². The molecule has 0 N–H and O–H groups in total. The number of hydrogen-bond acceptors (Lipinski definition) is 2. The van der Waals surface area contributed by atoms with Crippen LogP contribution in [-0.4, -0.2) is 22.5 Å². The minimum absolute atomic E-state index is 0.314. The average molecular weight is 190 g/mol. The van der Waals surface area contributed by atoms with Crippen LogP contribution in [0.4, 0.5) is 0 Å². The molecule has 0 aliphatic carbocycles. The molecule has 1 atom stereocenters. The normalized spacial score (nSPS) is 21.8. The van der Waals surface area contributed by atoms with E-state index in [-0.39, 0.29) is 0 Å². The molecule has 3 heteroatoms. The molecule has 74 valence electrons. The molecular formula is C11H14N2O. The van der Waals surface area contributed by atoms with Crippen molar-refractivity contribution in [1.82, 2.24) is 9.78 Å². The third-order valence-electron chi connectivity index (χ3n) is 2.46. The Morgan fingerprint density at radius 3 is 3.21 bits per heavy atom.